The second-order valence-electron chi connectivity index (χ2n) is 13.8. The Morgan fingerprint density at radius 3 is 2.13 bits per heavy atom. The third-order valence-electron chi connectivity index (χ3n) is 9.88. The van der Waals surface area contributed by atoms with Crippen LogP contribution in [0.5, 0.6) is 11.5 Å². The van der Waals surface area contributed by atoms with E-state index >= 15 is 0 Å². The number of nitrogens with one attached hydrogen (secondary N) is 3. The Morgan fingerprint density at radius 2 is 1.50 bits per heavy atom. The Balaban J connectivity index is 1.33. The first-order valence-corrected chi connectivity index (χ1v) is 18.2. The van der Waals surface area contributed by atoms with Gasteiger partial charge in [-0.05, 0) is 61.5 Å². The van der Waals surface area contributed by atoms with Crippen LogP contribution in [-0.4, -0.2) is 91.4 Å². The molecule has 2 aliphatic heterocycles. The van der Waals surface area contributed by atoms with Gasteiger partial charge >= 0.3 is 0 Å². The van der Waals surface area contributed by atoms with Crippen molar-refractivity contribution in [3.8, 4) is 11.5 Å². The summed E-state index contributed by atoms with van der Waals surface area (Å²) >= 11 is 0. The number of carbonyl (C=O) groups excluding carboxylic acids is 4. The third-order valence-corrected chi connectivity index (χ3v) is 9.88. The van der Waals surface area contributed by atoms with Crippen molar-refractivity contribution in [1.82, 2.24) is 25.8 Å². The van der Waals surface area contributed by atoms with E-state index in [9.17, 15) is 19.2 Å². The summed E-state index contributed by atoms with van der Waals surface area (Å²) in [6.07, 6.45) is 3.69. The molecule has 0 radical (unpaired) electrons. The maximum atomic E-state index is 14.8. The lowest BCUT2D eigenvalue weighted by molar-refractivity contribution is -0.144. The van der Waals surface area contributed by atoms with Crippen LogP contribution in [0, 0.1) is 0 Å². The Hall–Kier alpha value is -5.94. The van der Waals surface area contributed by atoms with Crippen LogP contribution in [-0.2, 0) is 38.4 Å². The minimum Gasteiger partial charge on any atom is -0.496 e. The van der Waals surface area contributed by atoms with Crippen LogP contribution in [0.2, 0.25) is 0 Å². The lowest BCUT2D eigenvalue weighted by atomic mass is 10.0. The fourth-order valence-electron chi connectivity index (χ4n) is 7.03. The average Bonchev–Trinajstić information content (AvgIpc) is 3.60. The zero-order chi connectivity index (χ0) is 38.0. The number of hydrogen-bond donors (Lipinski definition) is 3. The molecule has 4 aromatic rings. The van der Waals surface area contributed by atoms with Gasteiger partial charge in [-0.1, -0.05) is 91.0 Å². The number of ether oxygens (including phenoxy) is 2. The van der Waals surface area contributed by atoms with Gasteiger partial charge in [0.2, 0.25) is 23.6 Å². The number of carbonyl (C=O) groups is 4. The first kappa shape index (κ1) is 37.8. The first-order chi connectivity index (χ1) is 26.2. The van der Waals surface area contributed by atoms with Gasteiger partial charge in [-0.3, -0.25) is 24.1 Å². The van der Waals surface area contributed by atoms with Gasteiger partial charge in [0.15, 0.2) is 0 Å². The summed E-state index contributed by atoms with van der Waals surface area (Å²) < 4.78 is 12.0. The van der Waals surface area contributed by atoms with Crippen LogP contribution >= 0.6 is 0 Å². The van der Waals surface area contributed by atoms with E-state index in [1.807, 2.05) is 110 Å². The highest BCUT2D eigenvalue weighted by Gasteiger charge is 2.46. The molecule has 1 saturated heterocycles. The summed E-state index contributed by atoms with van der Waals surface area (Å²) in [7, 11) is 5.23. The minimum atomic E-state index is -1.10. The van der Waals surface area contributed by atoms with Crippen LogP contribution in [0.4, 0.5) is 0 Å². The standard InChI is InChI=1S/C43H47N5O6/c1-47(2)36(27-31-17-11-6-12-18-31)41(50)46-35(26-30-15-9-5-10-16-30)43(52)48-24-22-38-39(48)42(51)45-34(25-29-13-7-4-8-14-29)40(49)44-23-21-32-28-33(54-38)19-20-37(32)53-3/h4-21,23,28,34-36,38-39H,22,24-27H2,1-3H3,(H,44,49)(H,45,51)(H,46,50)/t34-,35-,36-,38-,39+/m0/s1. The van der Waals surface area contributed by atoms with Gasteiger partial charge in [-0.15, -0.1) is 0 Å². The van der Waals surface area contributed by atoms with Gasteiger partial charge < -0.3 is 30.3 Å². The van der Waals surface area contributed by atoms with E-state index in [0.29, 0.717) is 29.9 Å². The van der Waals surface area contributed by atoms with Crippen LogP contribution in [0.25, 0.3) is 6.08 Å². The first-order valence-electron chi connectivity index (χ1n) is 18.2. The summed E-state index contributed by atoms with van der Waals surface area (Å²) in [5.41, 5.74) is 3.35. The molecule has 2 aliphatic rings. The predicted octanol–water partition coefficient (Wildman–Crippen LogP) is 3.77. The fourth-order valence-corrected chi connectivity index (χ4v) is 7.03. The molecule has 54 heavy (non-hydrogen) atoms. The van der Waals surface area contributed by atoms with Crippen LogP contribution < -0.4 is 25.4 Å². The zero-order valence-electron chi connectivity index (χ0n) is 30.8. The van der Waals surface area contributed by atoms with Crippen molar-refractivity contribution >= 4 is 29.7 Å². The molecule has 0 saturated carbocycles. The van der Waals surface area contributed by atoms with Crippen molar-refractivity contribution in [2.24, 2.45) is 0 Å². The number of hydrogen-bond acceptors (Lipinski definition) is 7. The van der Waals surface area contributed by atoms with E-state index in [1.54, 1.807) is 31.4 Å². The quantitative estimate of drug-likeness (QED) is 0.215. The lowest BCUT2D eigenvalue weighted by Gasteiger charge is -2.33. The normalized spacial score (nSPS) is 19.5. The Labute approximate surface area is 316 Å². The van der Waals surface area contributed by atoms with Crippen LogP contribution in [0.1, 0.15) is 28.7 Å². The number of likely N-dealkylation sites (tertiary alicyclic amines) is 1. The fraction of sp³-hybridized carbons (Fsp3) is 0.302. The van der Waals surface area contributed by atoms with E-state index in [4.69, 9.17) is 9.47 Å². The Kier molecular flexibility index (Phi) is 12.4. The Bertz CT molecular complexity index is 1940. The number of benzene rings is 4. The van der Waals surface area contributed by atoms with Crippen molar-refractivity contribution in [2.75, 3.05) is 27.7 Å². The van der Waals surface area contributed by atoms with Crippen molar-refractivity contribution in [3.05, 3.63) is 138 Å². The number of nitrogens with zero attached hydrogens (tertiary/aromatic N) is 2. The molecule has 11 nitrogen and oxygen atoms in total. The second-order valence-corrected chi connectivity index (χ2v) is 13.8. The maximum Gasteiger partial charge on any atom is 0.247 e. The smallest absolute Gasteiger partial charge is 0.247 e. The van der Waals surface area contributed by atoms with E-state index in [2.05, 4.69) is 16.0 Å². The molecule has 2 bridgehead atoms. The van der Waals surface area contributed by atoms with Gasteiger partial charge in [-0.2, -0.15) is 0 Å². The molecule has 0 unspecified atom stereocenters. The van der Waals surface area contributed by atoms with Crippen molar-refractivity contribution in [2.45, 2.75) is 56.0 Å². The second kappa shape index (κ2) is 17.7. The van der Waals surface area contributed by atoms with Gasteiger partial charge in [0, 0.05) is 37.6 Å². The molecule has 6 rings (SSSR count). The minimum absolute atomic E-state index is 0.197. The van der Waals surface area contributed by atoms with E-state index in [1.165, 1.54) is 11.1 Å². The SMILES string of the molecule is COc1ccc2cc1C=CNC(=O)[C@H](Cc1ccccc1)NC(=O)[C@H]1[C@H](CCN1C(=O)[C@H](Cc1ccccc1)NC(=O)[C@H](Cc1ccccc1)N(C)C)O2. The molecule has 3 N–H and O–H groups in total. The highest BCUT2D eigenvalue weighted by molar-refractivity contribution is 5.96. The van der Waals surface area contributed by atoms with Gasteiger partial charge in [0.25, 0.3) is 0 Å². The third kappa shape index (κ3) is 9.34. The average molecular weight is 730 g/mol. The molecule has 0 aromatic heterocycles. The highest BCUT2D eigenvalue weighted by atomic mass is 16.5. The molecule has 280 valence electrons. The number of likely N-dealkylation sites (N-methyl/N-ethyl adjacent to an activating group) is 1. The molecule has 4 amide bonds. The van der Waals surface area contributed by atoms with E-state index in [0.717, 1.165) is 16.7 Å². The molecule has 0 aliphatic carbocycles. The maximum absolute atomic E-state index is 14.8. The molecule has 4 aromatic carbocycles. The van der Waals surface area contributed by atoms with Crippen LogP contribution in [0.15, 0.2) is 115 Å². The number of fused-ring (bicyclic) bond motifs is 3. The molecule has 0 spiro atoms. The van der Waals surface area contributed by atoms with Crippen molar-refractivity contribution in [1.29, 1.82) is 0 Å². The monoisotopic (exact) mass is 729 g/mol. The van der Waals surface area contributed by atoms with Gasteiger partial charge in [-0.25, -0.2) is 0 Å². The topological polar surface area (TPSA) is 129 Å². The largest absolute Gasteiger partial charge is 0.496 e. The summed E-state index contributed by atoms with van der Waals surface area (Å²) in [6.45, 7) is 0.197. The van der Waals surface area contributed by atoms with E-state index < -0.39 is 48.0 Å². The summed E-state index contributed by atoms with van der Waals surface area (Å²) in [6, 6.07) is 30.3. The summed E-state index contributed by atoms with van der Waals surface area (Å²) in [4.78, 5) is 60.4. The summed E-state index contributed by atoms with van der Waals surface area (Å²) in [5, 5.41) is 8.83. The van der Waals surface area contributed by atoms with Gasteiger partial charge in [0.05, 0.1) is 13.2 Å². The molecule has 5 atom stereocenters. The summed E-state index contributed by atoms with van der Waals surface area (Å²) in [5.74, 6) is -0.626. The highest BCUT2D eigenvalue weighted by Crippen LogP contribution is 2.30. The Morgan fingerprint density at radius 1 is 0.870 bits per heavy atom. The number of rotatable bonds is 11. The molecule has 1 fully saturated rings. The molecular formula is C43H47N5O6. The van der Waals surface area contributed by atoms with Crippen LogP contribution in [0.3, 0.4) is 0 Å². The lowest BCUT2D eigenvalue weighted by Crippen LogP contribution is -2.60. The number of methoxy groups -OCH3 is 1. The number of amides is 4. The van der Waals surface area contributed by atoms with Crippen molar-refractivity contribution in [3.63, 3.8) is 0 Å². The molecule has 2 heterocycles. The van der Waals surface area contributed by atoms with E-state index in [-0.39, 0.29) is 25.3 Å². The van der Waals surface area contributed by atoms with Gasteiger partial charge in [0.1, 0.15) is 35.7 Å². The molecular weight excluding hydrogens is 683 g/mol. The molecule has 11 heteroatoms. The zero-order valence-corrected chi connectivity index (χ0v) is 30.8. The van der Waals surface area contributed by atoms with Crippen molar-refractivity contribution < 1.29 is 28.7 Å². The predicted molar refractivity (Wildman–Crippen MR) is 206 cm³/mol.